The molecule has 2 N–H and O–H groups in total. The molecule has 0 aliphatic rings. The summed E-state index contributed by atoms with van der Waals surface area (Å²) in [6, 6.07) is 7.85. The highest BCUT2D eigenvalue weighted by Crippen LogP contribution is 2.17. The maximum absolute atomic E-state index is 11.2. The molecule has 15 heavy (non-hydrogen) atoms. The van der Waals surface area contributed by atoms with Crippen LogP contribution in [0.5, 0.6) is 0 Å². The van der Waals surface area contributed by atoms with Crippen LogP contribution in [0.4, 0.5) is 0 Å². The first-order valence-electron chi connectivity index (χ1n) is 6.32. The van der Waals surface area contributed by atoms with Crippen LogP contribution in [0.15, 0.2) is 30.5 Å². The Hall–Kier alpha value is -1.77. The van der Waals surface area contributed by atoms with E-state index in [0.29, 0.717) is 13.0 Å². The Kier molecular flexibility index (Phi) is 1.85. The van der Waals surface area contributed by atoms with Gasteiger partial charge in [0.15, 0.2) is 0 Å². The summed E-state index contributed by atoms with van der Waals surface area (Å²) < 4.78 is 20.8. The van der Waals surface area contributed by atoms with Crippen molar-refractivity contribution >= 4 is 16.8 Å². The highest BCUT2D eigenvalue weighted by molar-refractivity contribution is 5.83. The third kappa shape index (κ3) is 2.18. The number of hydrogen-bond acceptors (Lipinski definition) is 1. The molecule has 1 aromatic heterocycles. The van der Waals surface area contributed by atoms with Gasteiger partial charge in [-0.05, 0) is 18.1 Å². The Balaban J connectivity index is 1.97. The number of aromatic amines is 1. The van der Waals surface area contributed by atoms with Crippen LogP contribution in [0, 0.1) is 0 Å². The number of aromatic nitrogens is 1. The molecule has 3 heteroatoms. The zero-order chi connectivity index (χ0) is 13.2. The molecule has 3 nitrogen and oxygen atoms in total. The predicted molar refractivity (Wildman–Crippen MR) is 60.7 cm³/mol. The molecule has 0 fully saturated rings. The first-order chi connectivity index (χ1) is 8.48. The van der Waals surface area contributed by atoms with Gasteiger partial charge in [0.05, 0.1) is 0 Å². The first-order valence-corrected chi connectivity index (χ1v) is 4.82. The predicted octanol–water partition coefficient (Wildman–Crippen LogP) is 1.85. The summed E-state index contributed by atoms with van der Waals surface area (Å²) in [7, 11) is 0. The zero-order valence-electron chi connectivity index (χ0n) is 11.2. The van der Waals surface area contributed by atoms with E-state index in [1.165, 1.54) is 0 Å². The minimum atomic E-state index is -2.57. The average Bonchev–Trinajstić information content (AvgIpc) is 2.71. The highest BCUT2D eigenvalue weighted by atomic mass is 16.1. The molecule has 0 radical (unpaired) electrons. The van der Waals surface area contributed by atoms with E-state index in [0.717, 1.165) is 16.5 Å². The van der Waals surface area contributed by atoms with Crippen LogP contribution in [-0.4, -0.2) is 17.4 Å². The highest BCUT2D eigenvalue weighted by Gasteiger charge is 2.02. The minimum absolute atomic E-state index is 0.319. The minimum Gasteiger partial charge on any atom is -0.361 e. The molecule has 0 saturated heterocycles. The maximum atomic E-state index is 11.2. The molecular weight excluding hydrogens is 188 g/mol. The van der Waals surface area contributed by atoms with E-state index in [4.69, 9.17) is 4.11 Å². The lowest BCUT2D eigenvalue weighted by Gasteiger charge is -2.00. The van der Waals surface area contributed by atoms with Crippen LogP contribution in [0.3, 0.4) is 0 Å². The first kappa shape index (κ1) is 6.67. The summed E-state index contributed by atoms with van der Waals surface area (Å²) in [6.07, 6.45) is 2.48. The van der Waals surface area contributed by atoms with Gasteiger partial charge in [-0.3, -0.25) is 4.79 Å². The Morgan fingerprint density at radius 2 is 2.40 bits per heavy atom. The number of para-hydroxylation sites is 1. The van der Waals surface area contributed by atoms with Gasteiger partial charge in [0.1, 0.15) is 0 Å². The number of H-pyrrole nitrogens is 1. The van der Waals surface area contributed by atoms with Crippen molar-refractivity contribution < 1.29 is 8.91 Å². The van der Waals surface area contributed by atoms with E-state index in [1.54, 1.807) is 0 Å². The van der Waals surface area contributed by atoms with Gasteiger partial charge in [-0.1, -0.05) is 18.2 Å². The fourth-order valence-electron chi connectivity index (χ4n) is 1.65. The van der Waals surface area contributed by atoms with Crippen LogP contribution < -0.4 is 5.32 Å². The molecule has 1 amide bonds. The van der Waals surface area contributed by atoms with Crippen molar-refractivity contribution in [3.05, 3.63) is 36.0 Å². The van der Waals surface area contributed by atoms with Crippen molar-refractivity contribution in [1.29, 1.82) is 0 Å². The van der Waals surface area contributed by atoms with Gasteiger partial charge < -0.3 is 10.3 Å². The van der Waals surface area contributed by atoms with E-state index in [9.17, 15) is 4.79 Å². The van der Waals surface area contributed by atoms with Crippen LogP contribution >= 0.6 is 0 Å². The quantitative estimate of drug-likeness (QED) is 0.789. The molecule has 1 aromatic carbocycles. The van der Waals surface area contributed by atoms with Gasteiger partial charge in [0.2, 0.25) is 5.91 Å². The van der Waals surface area contributed by atoms with Crippen molar-refractivity contribution in [3.63, 3.8) is 0 Å². The second-order valence-electron chi connectivity index (χ2n) is 3.37. The molecule has 0 aliphatic heterocycles. The van der Waals surface area contributed by atoms with Crippen molar-refractivity contribution in [3.8, 4) is 0 Å². The van der Waals surface area contributed by atoms with E-state index >= 15 is 0 Å². The normalized spacial score (nSPS) is 14.3. The molecule has 78 valence electrons. The SMILES string of the molecule is [2H]C([2H])([2H])C(=O)NCCc1c[nH]c2ccccc12. The Bertz CT molecular complexity index is 560. The van der Waals surface area contributed by atoms with Gasteiger partial charge >= 0.3 is 0 Å². The number of nitrogens with one attached hydrogen (secondary N) is 2. The van der Waals surface area contributed by atoms with Crippen molar-refractivity contribution in [1.82, 2.24) is 10.3 Å². The van der Waals surface area contributed by atoms with Crippen LogP contribution in [0.25, 0.3) is 10.9 Å². The van der Waals surface area contributed by atoms with Gasteiger partial charge in [0.25, 0.3) is 0 Å². The second kappa shape index (κ2) is 4.17. The summed E-state index contributed by atoms with van der Waals surface area (Å²) in [5, 5.41) is 3.51. The Morgan fingerprint density at radius 3 is 3.27 bits per heavy atom. The monoisotopic (exact) mass is 205 g/mol. The smallest absolute Gasteiger partial charge is 0.216 e. The van der Waals surface area contributed by atoms with Crippen molar-refractivity contribution in [2.24, 2.45) is 0 Å². The summed E-state index contributed by atoms with van der Waals surface area (Å²) in [5.41, 5.74) is 2.10. The molecular formula is C12H14N2O. The second-order valence-corrected chi connectivity index (χ2v) is 3.37. The molecule has 2 aromatic rings. The van der Waals surface area contributed by atoms with Crippen LogP contribution in [0.1, 0.15) is 16.5 Å². The van der Waals surface area contributed by atoms with Gasteiger partial charge in [-0.2, -0.15) is 0 Å². The lowest BCUT2D eigenvalue weighted by Crippen LogP contribution is -2.22. The number of carbonyl (C=O) groups is 1. The summed E-state index contributed by atoms with van der Waals surface area (Å²) >= 11 is 0. The molecule has 2 rings (SSSR count). The molecule has 0 bridgehead atoms. The Labute approximate surface area is 92.7 Å². The average molecular weight is 205 g/mol. The lowest BCUT2D eigenvalue weighted by molar-refractivity contribution is -0.118. The van der Waals surface area contributed by atoms with Gasteiger partial charge in [-0.15, -0.1) is 0 Å². The summed E-state index contributed by atoms with van der Waals surface area (Å²) in [4.78, 5) is 14.3. The standard InChI is InChI=1S/C12H14N2O/c1-9(15)13-7-6-10-8-14-12-5-3-2-4-11(10)12/h2-5,8,14H,6-7H2,1H3,(H,13,15)/i1D3. The number of benzene rings is 1. The number of hydrogen-bond donors (Lipinski definition) is 2. The van der Waals surface area contributed by atoms with Crippen molar-refractivity contribution in [2.45, 2.75) is 13.3 Å². The fraction of sp³-hybridized carbons (Fsp3) is 0.250. The van der Waals surface area contributed by atoms with Crippen molar-refractivity contribution in [2.75, 3.05) is 6.54 Å². The van der Waals surface area contributed by atoms with Crippen LogP contribution in [-0.2, 0) is 11.2 Å². The zero-order valence-corrected chi connectivity index (χ0v) is 8.21. The summed E-state index contributed by atoms with van der Waals surface area (Å²) in [6.45, 7) is -2.25. The fourth-order valence-corrected chi connectivity index (χ4v) is 1.65. The summed E-state index contributed by atoms with van der Waals surface area (Å²) in [5.74, 6) is -0.901. The number of carbonyl (C=O) groups excluding carboxylic acids is 1. The molecule has 0 unspecified atom stereocenters. The van der Waals surface area contributed by atoms with E-state index < -0.39 is 12.8 Å². The maximum Gasteiger partial charge on any atom is 0.216 e. The molecule has 0 saturated carbocycles. The molecule has 0 aliphatic carbocycles. The Morgan fingerprint density at radius 1 is 1.53 bits per heavy atom. The third-order valence-corrected chi connectivity index (χ3v) is 2.35. The third-order valence-electron chi connectivity index (χ3n) is 2.35. The van der Waals surface area contributed by atoms with E-state index in [2.05, 4.69) is 10.3 Å². The topological polar surface area (TPSA) is 44.9 Å². The molecule has 0 atom stereocenters. The van der Waals surface area contributed by atoms with E-state index in [-0.39, 0.29) is 0 Å². The molecule has 0 spiro atoms. The largest absolute Gasteiger partial charge is 0.361 e. The lowest BCUT2D eigenvalue weighted by atomic mass is 10.1. The number of rotatable bonds is 3. The number of fused-ring (bicyclic) bond motifs is 1. The molecule has 1 heterocycles. The van der Waals surface area contributed by atoms with Gasteiger partial charge in [0, 0.05) is 34.6 Å². The number of amides is 1. The van der Waals surface area contributed by atoms with E-state index in [1.807, 2.05) is 30.5 Å². The van der Waals surface area contributed by atoms with Gasteiger partial charge in [-0.25, -0.2) is 0 Å². The van der Waals surface area contributed by atoms with Crippen LogP contribution in [0.2, 0.25) is 0 Å².